The fourth-order valence-corrected chi connectivity index (χ4v) is 1.75. The number of carbonyl (C=O) groups is 1. The van der Waals surface area contributed by atoms with Crippen molar-refractivity contribution in [2.75, 3.05) is 0 Å². The second-order valence-electron chi connectivity index (χ2n) is 3.95. The summed E-state index contributed by atoms with van der Waals surface area (Å²) >= 11 is 0. The Labute approximate surface area is 94.3 Å². The molecule has 3 nitrogen and oxygen atoms in total. The molecule has 1 heterocycles. The summed E-state index contributed by atoms with van der Waals surface area (Å²) in [6, 6.07) is 8.05. The highest BCUT2D eigenvalue weighted by molar-refractivity contribution is 5.82. The number of hydrogen-bond donors (Lipinski definition) is 1. The number of nitrogens with zero attached hydrogens (tertiary/aromatic N) is 1. The third-order valence-electron chi connectivity index (χ3n) is 2.68. The third kappa shape index (κ3) is 2.19. The molecule has 2 aromatic rings. The molecule has 1 aromatic heterocycles. The minimum atomic E-state index is -0.261. The van der Waals surface area contributed by atoms with E-state index >= 15 is 0 Å². The summed E-state index contributed by atoms with van der Waals surface area (Å²) in [5.41, 5.74) is 8.45. The van der Waals surface area contributed by atoms with Gasteiger partial charge in [0.1, 0.15) is 0 Å². The molecule has 0 radical (unpaired) electrons. The van der Waals surface area contributed by atoms with Crippen molar-refractivity contribution in [1.29, 1.82) is 0 Å². The van der Waals surface area contributed by atoms with Gasteiger partial charge in [0, 0.05) is 18.0 Å². The Kier molecular flexibility index (Phi) is 2.86. The van der Waals surface area contributed by atoms with Gasteiger partial charge in [0.2, 0.25) is 5.91 Å². The van der Waals surface area contributed by atoms with Gasteiger partial charge in [-0.2, -0.15) is 0 Å². The maximum Gasteiger partial charge on any atom is 0.217 e. The van der Waals surface area contributed by atoms with Crippen molar-refractivity contribution in [3.63, 3.8) is 0 Å². The van der Waals surface area contributed by atoms with E-state index in [9.17, 15) is 4.79 Å². The number of rotatable bonds is 3. The second-order valence-corrected chi connectivity index (χ2v) is 3.95. The van der Waals surface area contributed by atoms with Crippen LogP contribution in [0.25, 0.3) is 10.9 Å². The molecule has 0 bridgehead atoms. The third-order valence-corrected chi connectivity index (χ3v) is 2.68. The van der Waals surface area contributed by atoms with E-state index in [2.05, 4.69) is 18.0 Å². The Hall–Kier alpha value is -1.90. The molecule has 0 unspecified atom stereocenters. The summed E-state index contributed by atoms with van der Waals surface area (Å²) in [6.07, 6.45) is 2.89. The maximum atomic E-state index is 10.7. The quantitative estimate of drug-likeness (QED) is 0.849. The summed E-state index contributed by atoms with van der Waals surface area (Å²) in [4.78, 5) is 15.0. The van der Waals surface area contributed by atoms with Crippen LogP contribution in [-0.4, -0.2) is 10.9 Å². The molecule has 0 saturated heterocycles. The fourth-order valence-electron chi connectivity index (χ4n) is 1.75. The number of carbonyl (C=O) groups excluding carboxylic acids is 1. The van der Waals surface area contributed by atoms with Crippen LogP contribution >= 0.6 is 0 Å². The molecular formula is C13H14N2O. The van der Waals surface area contributed by atoms with Crippen molar-refractivity contribution in [3.05, 3.63) is 41.6 Å². The zero-order chi connectivity index (χ0) is 11.5. The number of aryl methyl sites for hydroxylation is 2. The number of fused-ring (bicyclic) bond motifs is 1. The number of amides is 1. The van der Waals surface area contributed by atoms with Crippen molar-refractivity contribution in [3.8, 4) is 0 Å². The van der Waals surface area contributed by atoms with E-state index in [1.165, 1.54) is 5.56 Å². The van der Waals surface area contributed by atoms with Crippen LogP contribution < -0.4 is 5.73 Å². The highest BCUT2D eigenvalue weighted by atomic mass is 16.1. The first-order valence-corrected chi connectivity index (χ1v) is 5.29. The van der Waals surface area contributed by atoms with Crippen molar-refractivity contribution >= 4 is 16.8 Å². The molecule has 3 heteroatoms. The van der Waals surface area contributed by atoms with E-state index in [-0.39, 0.29) is 5.91 Å². The van der Waals surface area contributed by atoms with Gasteiger partial charge in [0.25, 0.3) is 0 Å². The fraction of sp³-hybridized carbons (Fsp3) is 0.231. The minimum absolute atomic E-state index is 0.261. The lowest BCUT2D eigenvalue weighted by Crippen LogP contribution is -2.11. The number of pyridine rings is 1. The van der Waals surface area contributed by atoms with Crippen molar-refractivity contribution in [2.24, 2.45) is 5.73 Å². The SMILES string of the molecule is Cc1ccnc2ccc(CCC(N)=O)cc12. The second kappa shape index (κ2) is 4.31. The smallest absolute Gasteiger partial charge is 0.217 e. The van der Waals surface area contributed by atoms with Gasteiger partial charge in [-0.05, 0) is 42.7 Å². The average Bonchev–Trinajstić information content (AvgIpc) is 2.27. The van der Waals surface area contributed by atoms with E-state index in [1.807, 2.05) is 18.2 Å². The van der Waals surface area contributed by atoms with E-state index in [0.29, 0.717) is 12.8 Å². The van der Waals surface area contributed by atoms with Crippen LogP contribution in [0.4, 0.5) is 0 Å². The average molecular weight is 214 g/mol. The molecule has 0 spiro atoms. The molecule has 1 amide bonds. The molecule has 0 saturated carbocycles. The molecule has 82 valence electrons. The van der Waals surface area contributed by atoms with Gasteiger partial charge in [-0.1, -0.05) is 6.07 Å². The largest absolute Gasteiger partial charge is 0.370 e. The number of aromatic nitrogens is 1. The van der Waals surface area contributed by atoms with Gasteiger partial charge in [-0.15, -0.1) is 0 Å². The highest BCUT2D eigenvalue weighted by Crippen LogP contribution is 2.18. The number of hydrogen-bond acceptors (Lipinski definition) is 2. The number of benzene rings is 1. The van der Waals surface area contributed by atoms with E-state index in [0.717, 1.165) is 16.5 Å². The zero-order valence-electron chi connectivity index (χ0n) is 9.23. The summed E-state index contributed by atoms with van der Waals surface area (Å²) in [7, 11) is 0. The molecule has 2 N–H and O–H groups in total. The van der Waals surface area contributed by atoms with Gasteiger partial charge in [-0.3, -0.25) is 9.78 Å². The van der Waals surface area contributed by atoms with Gasteiger partial charge in [-0.25, -0.2) is 0 Å². The minimum Gasteiger partial charge on any atom is -0.370 e. The Bertz CT molecular complexity index is 534. The van der Waals surface area contributed by atoms with Crippen LogP contribution in [0.1, 0.15) is 17.5 Å². The Morgan fingerprint density at radius 1 is 1.38 bits per heavy atom. The van der Waals surface area contributed by atoms with Gasteiger partial charge in [0.15, 0.2) is 0 Å². The van der Waals surface area contributed by atoms with Crippen LogP contribution in [-0.2, 0) is 11.2 Å². The molecule has 0 atom stereocenters. The molecule has 0 aliphatic rings. The summed E-state index contributed by atoms with van der Waals surface area (Å²) < 4.78 is 0. The van der Waals surface area contributed by atoms with Crippen LogP contribution in [0, 0.1) is 6.92 Å². The first kappa shape index (κ1) is 10.6. The maximum absolute atomic E-state index is 10.7. The van der Waals surface area contributed by atoms with Gasteiger partial charge < -0.3 is 5.73 Å². The van der Waals surface area contributed by atoms with E-state index in [1.54, 1.807) is 6.20 Å². The first-order chi connectivity index (χ1) is 7.66. The van der Waals surface area contributed by atoms with E-state index in [4.69, 9.17) is 5.73 Å². The summed E-state index contributed by atoms with van der Waals surface area (Å²) in [5.74, 6) is -0.261. The molecule has 16 heavy (non-hydrogen) atoms. The molecule has 2 rings (SSSR count). The standard InChI is InChI=1S/C13H14N2O/c1-9-6-7-15-12-4-2-10(8-11(9)12)3-5-13(14)16/h2,4,6-8H,3,5H2,1H3,(H2,14,16). The highest BCUT2D eigenvalue weighted by Gasteiger charge is 2.01. The van der Waals surface area contributed by atoms with Crippen LogP contribution in [0.3, 0.4) is 0 Å². The lowest BCUT2D eigenvalue weighted by molar-refractivity contribution is -0.117. The monoisotopic (exact) mass is 214 g/mol. The normalized spacial score (nSPS) is 10.6. The molecule has 1 aromatic carbocycles. The van der Waals surface area contributed by atoms with Gasteiger partial charge in [0.05, 0.1) is 5.52 Å². The Morgan fingerprint density at radius 3 is 2.94 bits per heavy atom. The van der Waals surface area contributed by atoms with Crippen LogP contribution in [0.2, 0.25) is 0 Å². The molecule has 0 aliphatic heterocycles. The topological polar surface area (TPSA) is 56.0 Å². The van der Waals surface area contributed by atoms with E-state index < -0.39 is 0 Å². The zero-order valence-corrected chi connectivity index (χ0v) is 9.23. The summed E-state index contributed by atoms with van der Waals surface area (Å²) in [5, 5.41) is 1.14. The Morgan fingerprint density at radius 2 is 2.19 bits per heavy atom. The Balaban J connectivity index is 2.35. The molecule has 0 aliphatic carbocycles. The molecular weight excluding hydrogens is 200 g/mol. The number of primary amides is 1. The summed E-state index contributed by atoms with van der Waals surface area (Å²) in [6.45, 7) is 2.06. The van der Waals surface area contributed by atoms with Crippen molar-refractivity contribution in [1.82, 2.24) is 4.98 Å². The van der Waals surface area contributed by atoms with Crippen molar-refractivity contribution < 1.29 is 4.79 Å². The predicted octanol–water partition coefficient (Wildman–Crippen LogP) is 1.96. The van der Waals surface area contributed by atoms with Crippen LogP contribution in [0.5, 0.6) is 0 Å². The lowest BCUT2D eigenvalue weighted by Gasteiger charge is -2.04. The lowest BCUT2D eigenvalue weighted by atomic mass is 10.0. The van der Waals surface area contributed by atoms with Crippen molar-refractivity contribution in [2.45, 2.75) is 19.8 Å². The van der Waals surface area contributed by atoms with Gasteiger partial charge >= 0.3 is 0 Å². The molecule has 0 fully saturated rings. The first-order valence-electron chi connectivity index (χ1n) is 5.29. The predicted molar refractivity (Wildman–Crippen MR) is 64.0 cm³/mol. The number of nitrogens with two attached hydrogens (primary N) is 1. The van der Waals surface area contributed by atoms with Crippen LogP contribution in [0.15, 0.2) is 30.5 Å².